The molecule has 0 N–H and O–H groups in total. The van der Waals surface area contributed by atoms with E-state index in [1.807, 2.05) is 0 Å². The van der Waals surface area contributed by atoms with Crippen LogP contribution in [-0.4, -0.2) is 11.8 Å². The summed E-state index contributed by atoms with van der Waals surface area (Å²) >= 11 is 0. The Morgan fingerprint density at radius 3 is 2.50 bits per heavy atom. The molecule has 10 heavy (non-hydrogen) atoms. The normalized spacial score (nSPS) is 20.7. The Hall–Kier alpha value is 0.430. The third kappa shape index (κ3) is 3.01. The first-order chi connectivity index (χ1) is 4.79. The van der Waals surface area contributed by atoms with Crippen LogP contribution < -0.4 is 0 Å². The van der Waals surface area contributed by atoms with E-state index in [1.165, 1.54) is 40.4 Å². The van der Waals surface area contributed by atoms with Crippen LogP contribution in [0.4, 0.5) is 0 Å². The lowest BCUT2D eigenvalue weighted by atomic mass is 10.00. The maximum atomic E-state index is 2.32. The topological polar surface area (TPSA) is 0 Å². The van der Waals surface area contributed by atoms with Crippen LogP contribution in [0.2, 0.25) is 0 Å². The molecule has 1 rings (SSSR count). The van der Waals surface area contributed by atoms with Gasteiger partial charge in [-0.25, -0.2) is 0 Å². The van der Waals surface area contributed by atoms with E-state index in [0.717, 1.165) is 11.6 Å². The predicted molar refractivity (Wildman–Crippen MR) is 50.3 cm³/mol. The van der Waals surface area contributed by atoms with Crippen LogP contribution in [0.3, 0.4) is 0 Å². The molecule has 1 saturated carbocycles. The average molecular weight is 158 g/mol. The van der Waals surface area contributed by atoms with E-state index in [9.17, 15) is 0 Å². The molecule has 60 valence electrons. The summed E-state index contributed by atoms with van der Waals surface area (Å²) in [5.74, 6) is 0.924. The van der Waals surface area contributed by atoms with Gasteiger partial charge in [0.1, 0.15) is 0 Å². The third-order valence-corrected chi connectivity index (χ3v) is 3.99. The molecule has 0 aromatic heterocycles. The second-order valence-corrected chi connectivity index (χ2v) is 5.49. The zero-order chi connectivity index (χ0) is 7.40. The first kappa shape index (κ1) is 8.53. The molecule has 1 atom stereocenters. The number of hydrogen-bond donors (Lipinski definition) is 0. The van der Waals surface area contributed by atoms with Crippen molar-refractivity contribution >= 4 is 8.58 Å². The summed E-state index contributed by atoms with van der Waals surface area (Å²) in [6.45, 7) is 4.65. The molecule has 1 heteroatoms. The van der Waals surface area contributed by atoms with E-state index in [4.69, 9.17) is 0 Å². The highest BCUT2D eigenvalue weighted by atomic mass is 31.1. The van der Waals surface area contributed by atoms with Gasteiger partial charge in [0.15, 0.2) is 0 Å². The molecule has 0 aliphatic heterocycles. The molecule has 1 fully saturated rings. The smallest absolute Gasteiger partial charge is 0.0237 e. The van der Waals surface area contributed by atoms with Gasteiger partial charge in [0.2, 0.25) is 0 Å². The quantitative estimate of drug-likeness (QED) is 0.551. The Kier molecular flexibility index (Phi) is 3.70. The van der Waals surface area contributed by atoms with E-state index in [1.54, 1.807) is 0 Å². The van der Waals surface area contributed by atoms with Gasteiger partial charge >= 0.3 is 0 Å². The Morgan fingerprint density at radius 2 is 2.10 bits per heavy atom. The van der Waals surface area contributed by atoms with Crippen LogP contribution in [0.5, 0.6) is 0 Å². The van der Waals surface area contributed by atoms with Crippen molar-refractivity contribution < 1.29 is 0 Å². The maximum absolute atomic E-state index is 2.32. The van der Waals surface area contributed by atoms with Crippen molar-refractivity contribution in [1.29, 1.82) is 0 Å². The van der Waals surface area contributed by atoms with E-state index in [2.05, 4.69) is 13.8 Å². The summed E-state index contributed by atoms with van der Waals surface area (Å²) in [7, 11) is 1.29. The molecule has 0 saturated heterocycles. The van der Waals surface area contributed by atoms with Crippen molar-refractivity contribution in [3.05, 3.63) is 0 Å². The van der Waals surface area contributed by atoms with Crippen molar-refractivity contribution in [1.82, 2.24) is 0 Å². The highest BCUT2D eigenvalue weighted by Crippen LogP contribution is 2.36. The molecule has 0 nitrogen and oxygen atoms in total. The summed E-state index contributed by atoms with van der Waals surface area (Å²) < 4.78 is 0. The maximum Gasteiger partial charge on any atom is -0.0237 e. The minimum atomic E-state index is 0.924. The molecule has 0 amide bonds. The van der Waals surface area contributed by atoms with Gasteiger partial charge in [-0.05, 0) is 37.0 Å². The minimum Gasteiger partial charge on any atom is -0.119 e. The number of hydrogen-bond acceptors (Lipinski definition) is 0. The fraction of sp³-hybridized carbons (Fsp3) is 1.00. The molecule has 0 heterocycles. The van der Waals surface area contributed by atoms with Gasteiger partial charge in [0.25, 0.3) is 0 Å². The van der Waals surface area contributed by atoms with Gasteiger partial charge in [-0.15, -0.1) is 8.58 Å². The SMILES string of the molecule is CC(C)CCPC1CCC1. The van der Waals surface area contributed by atoms with Crippen LogP contribution in [0.15, 0.2) is 0 Å². The van der Waals surface area contributed by atoms with Crippen LogP contribution in [0, 0.1) is 5.92 Å². The van der Waals surface area contributed by atoms with Gasteiger partial charge in [0, 0.05) is 0 Å². The molecule has 1 aliphatic carbocycles. The van der Waals surface area contributed by atoms with Gasteiger partial charge in [-0.1, -0.05) is 20.3 Å². The molecule has 1 unspecified atom stereocenters. The molecular weight excluding hydrogens is 139 g/mol. The Balaban J connectivity index is 1.85. The minimum absolute atomic E-state index is 0.924. The second-order valence-electron chi connectivity index (χ2n) is 3.76. The summed E-state index contributed by atoms with van der Waals surface area (Å²) in [6.07, 6.45) is 7.55. The molecule has 0 aromatic rings. The van der Waals surface area contributed by atoms with Crippen LogP contribution >= 0.6 is 8.58 Å². The molecule has 0 bridgehead atoms. The molecular formula is C9H19P. The number of rotatable bonds is 4. The lowest BCUT2D eigenvalue weighted by Crippen LogP contribution is -2.12. The van der Waals surface area contributed by atoms with Gasteiger partial charge in [0.05, 0.1) is 0 Å². The van der Waals surface area contributed by atoms with Crippen molar-refractivity contribution in [3.63, 3.8) is 0 Å². The standard InChI is InChI=1S/C9H19P/c1-8(2)6-7-10-9-4-3-5-9/h8-10H,3-7H2,1-2H3. The molecule has 0 radical (unpaired) electrons. The Labute approximate surface area is 66.6 Å². The first-order valence-corrected chi connectivity index (χ1v) is 5.81. The Morgan fingerprint density at radius 1 is 1.40 bits per heavy atom. The van der Waals surface area contributed by atoms with Crippen molar-refractivity contribution in [3.8, 4) is 0 Å². The van der Waals surface area contributed by atoms with Gasteiger partial charge < -0.3 is 0 Å². The monoisotopic (exact) mass is 158 g/mol. The van der Waals surface area contributed by atoms with E-state index in [-0.39, 0.29) is 0 Å². The van der Waals surface area contributed by atoms with E-state index < -0.39 is 0 Å². The lowest BCUT2D eigenvalue weighted by Gasteiger charge is -2.25. The summed E-state index contributed by atoms with van der Waals surface area (Å²) in [4.78, 5) is 0. The highest BCUT2D eigenvalue weighted by Gasteiger charge is 2.16. The van der Waals surface area contributed by atoms with E-state index >= 15 is 0 Å². The Bertz CT molecular complexity index is 84.7. The fourth-order valence-corrected chi connectivity index (χ4v) is 3.16. The first-order valence-electron chi connectivity index (χ1n) is 4.52. The van der Waals surface area contributed by atoms with Crippen molar-refractivity contribution in [2.24, 2.45) is 5.92 Å². The zero-order valence-electron chi connectivity index (χ0n) is 7.19. The van der Waals surface area contributed by atoms with Crippen molar-refractivity contribution in [2.75, 3.05) is 6.16 Å². The summed E-state index contributed by atoms with van der Waals surface area (Å²) in [5, 5.41) is 0. The molecule has 1 aliphatic rings. The third-order valence-electron chi connectivity index (χ3n) is 2.26. The second kappa shape index (κ2) is 4.34. The van der Waals surface area contributed by atoms with Crippen molar-refractivity contribution in [2.45, 2.75) is 45.2 Å². The van der Waals surface area contributed by atoms with Crippen LogP contribution in [0.1, 0.15) is 39.5 Å². The average Bonchev–Trinajstić information content (AvgIpc) is 1.75. The molecule has 0 aromatic carbocycles. The van der Waals surface area contributed by atoms with Gasteiger partial charge in [-0.2, -0.15) is 0 Å². The van der Waals surface area contributed by atoms with Gasteiger partial charge in [-0.3, -0.25) is 0 Å². The summed E-state index contributed by atoms with van der Waals surface area (Å²) in [6, 6.07) is 0. The zero-order valence-corrected chi connectivity index (χ0v) is 8.19. The van der Waals surface area contributed by atoms with Crippen LogP contribution in [-0.2, 0) is 0 Å². The molecule has 0 spiro atoms. The predicted octanol–water partition coefficient (Wildman–Crippen LogP) is 3.26. The van der Waals surface area contributed by atoms with Crippen LogP contribution in [0.25, 0.3) is 0 Å². The summed E-state index contributed by atoms with van der Waals surface area (Å²) in [5.41, 5.74) is 1.15. The highest BCUT2D eigenvalue weighted by molar-refractivity contribution is 7.38. The lowest BCUT2D eigenvalue weighted by molar-refractivity contribution is 0.516. The fourth-order valence-electron chi connectivity index (χ4n) is 1.19. The largest absolute Gasteiger partial charge is 0.119 e. The van der Waals surface area contributed by atoms with E-state index in [0.29, 0.717) is 0 Å².